The van der Waals surface area contributed by atoms with E-state index < -0.39 is 6.09 Å². The van der Waals surface area contributed by atoms with Gasteiger partial charge in [0.25, 0.3) is 0 Å². The molecule has 0 aliphatic carbocycles. The van der Waals surface area contributed by atoms with Crippen LogP contribution in [-0.4, -0.2) is 23.8 Å². The third kappa shape index (κ3) is 3.13. The van der Waals surface area contributed by atoms with E-state index in [1.807, 2.05) is 42.5 Å². The summed E-state index contributed by atoms with van der Waals surface area (Å²) in [5.74, 6) is 0.743. The van der Waals surface area contributed by atoms with E-state index in [1.165, 1.54) is 0 Å². The van der Waals surface area contributed by atoms with Gasteiger partial charge in [-0.15, -0.1) is 0 Å². The highest BCUT2D eigenvalue weighted by atomic mass is 16.5. The summed E-state index contributed by atoms with van der Waals surface area (Å²) in [5, 5.41) is 13.2. The number of fused-ring (bicyclic) bond motifs is 1. The Bertz CT molecular complexity index is 553. The molecule has 0 bridgehead atoms. The van der Waals surface area contributed by atoms with Gasteiger partial charge >= 0.3 is 6.09 Å². The van der Waals surface area contributed by atoms with E-state index in [-0.39, 0.29) is 6.04 Å². The molecule has 0 spiro atoms. The van der Waals surface area contributed by atoms with Crippen molar-refractivity contribution in [3.8, 4) is 5.75 Å². The third-order valence-corrected chi connectivity index (χ3v) is 2.59. The summed E-state index contributed by atoms with van der Waals surface area (Å²) in [7, 11) is 0. The lowest BCUT2D eigenvalue weighted by molar-refractivity contribution is 0.183. The smallest absolute Gasteiger partial charge is 0.404 e. The lowest BCUT2D eigenvalue weighted by Gasteiger charge is -2.13. The van der Waals surface area contributed by atoms with E-state index in [0.717, 1.165) is 16.5 Å². The minimum Gasteiger partial charge on any atom is -0.491 e. The summed E-state index contributed by atoms with van der Waals surface area (Å²) in [4.78, 5) is 10.4. The Labute approximate surface area is 105 Å². The Morgan fingerprint density at radius 1 is 1.28 bits per heavy atom. The molecule has 1 amide bonds. The van der Waals surface area contributed by atoms with Gasteiger partial charge in [0, 0.05) is 0 Å². The number of benzene rings is 2. The van der Waals surface area contributed by atoms with Crippen LogP contribution in [0, 0.1) is 0 Å². The highest BCUT2D eigenvalue weighted by molar-refractivity contribution is 5.83. The Balaban J connectivity index is 2.01. The van der Waals surface area contributed by atoms with Crippen LogP contribution in [-0.2, 0) is 0 Å². The number of hydrogen-bond acceptors (Lipinski definition) is 2. The largest absolute Gasteiger partial charge is 0.491 e. The predicted molar refractivity (Wildman–Crippen MR) is 70.1 cm³/mol. The van der Waals surface area contributed by atoms with E-state index in [9.17, 15) is 4.79 Å². The Kier molecular flexibility index (Phi) is 3.67. The second-order valence-electron chi connectivity index (χ2n) is 4.17. The van der Waals surface area contributed by atoms with Crippen LogP contribution in [0.5, 0.6) is 5.75 Å². The second kappa shape index (κ2) is 5.40. The van der Waals surface area contributed by atoms with Gasteiger partial charge in [-0.05, 0) is 29.8 Å². The first-order valence-corrected chi connectivity index (χ1v) is 5.76. The molecule has 2 rings (SSSR count). The summed E-state index contributed by atoms with van der Waals surface area (Å²) >= 11 is 0. The third-order valence-electron chi connectivity index (χ3n) is 2.59. The maximum absolute atomic E-state index is 10.4. The Morgan fingerprint density at radius 2 is 2.00 bits per heavy atom. The first kappa shape index (κ1) is 12.2. The zero-order chi connectivity index (χ0) is 13.0. The van der Waals surface area contributed by atoms with Crippen molar-refractivity contribution in [3.63, 3.8) is 0 Å². The van der Waals surface area contributed by atoms with Crippen molar-refractivity contribution in [1.82, 2.24) is 5.32 Å². The molecule has 2 aromatic carbocycles. The van der Waals surface area contributed by atoms with Gasteiger partial charge in [-0.25, -0.2) is 4.79 Å². The summed E-state index contributed by atoms with van der Waals surface area (Å²) in [6.07, 6.45) is -1.04. The highest BCUT2D eigenvalue weighted by Gasteiger charge is 2.06. The van der Waals surface area contributed by atoms with Crippen LogP contribution in [0.2, 0.25) is 0 Å². The molecule has 4 heteroatoms. The molecule has 0 radical (unpaired) electrons. The minimum atomic E-state index is -1.04. The molecule has 0 aromatic heterocycles. The number of carbonyl (C=O) groups is 1. The van der Waals surface area contributed by atoms with Gasteiger partial charge in [0.2, 0.25) is 0 Å². The van der Waals surface area contributed by atoms with Gasteiger partial charge < -0.3 is 15.2 Å². The molecule has 18 heavy (non-hydrogen) atoms. The van der Waals surface area contributed by atoms with E-state index in [4.69, 9.17) is 9.84 Å². The molecule has 0 aliphatic rings. The summed E-state index contributed by atoms with van der Waals surface area (Å²) in [6.45, 7) is 2.07. The zero-order valence-electron chi connectivity index (χ0n) is 10.1. The lowest BCUT2D eigenvalue weighted by Crippen LogP contribution is -2.35. The lowest BCUT2D eigenvalue weighted by atomic mass is 10.1. The molecule has 0 aliphatic heterocycles. The van der Waals surface area contributed by atoms with Crippen LogP contribution in [0.1, 0.15) is 6.92 Å². The van der Waals surface area contributed by atoms with Crippen molar-refractivity contribution in [3.05, 3.63) is 42.5 Å². The van der Waals surface area contributed by atoms with Crippen molar-refractivity contribution in [2.24, 2.45) is 0 Å². The van der Waals surface area contributed by atoms with Crippen LogP contribution in [0.4, 0.5) is 4.79 Å². The fraction of sp³-hybridized carbons (Fsp3) is 0.214. The molecule has 0 saturated heterocycles. The van der Waals surface area contributed by atoms with Gasteiger partial charge in [0.1, 0.15) is 12.4 Å². The van der Waals surface area contributed by atoms with E-state index >= 15 is 0 Å². The van der Waals surface area contributed by atoms with Crippen molar-refractivity contribution in [1.29, 1.82) is 0 Å². The van der Waals surface area contributed by atoms with E-state index in [1.54, 1.807) is 6.92 Å². The van der Waals surface area contributed by atoms with Crippen LogP contribution in [0.25, 0.3) is 10.8 Å². The van der Waals surface area contributed by atoms with E-state index in [2.05, 4.69) is 5.32 Å². The molecule has 2 N–H and O–H groups in total. The number of rotatable bonds is 4. The number of carboxylic acid groups (broad SMARTS) is 1. The molecule has 0 saturated carbocycles. The van der Waals surface area contributed by atoms with Crippen molar-refractivity contribution in [2.45, 2.75) is 13.0 Å². The fourth-order valence-corrected chi connectivity index (χ4v) is 1.73. The highest BCUT2D eigenvalue weighted by Crippen LogP contribution is 2.20. The van der Waals surface area contributed by atoms with Crippen LogP contribution in [0.15, 0.2) is 42.5 Å². The van der Waals surface area contributed by atoms with Gasteiger partial charge in [0.15, 0.2) is 0 Å². The van der Waals surface area contributed by atoms with Crippen LogP contribution < -0.4 is 10.1 Å². The van der Waals surface area contributed by atoms with Gasteiger partial charge in [0.05, 0.1) is 6.04 Å². The van der Waals surface area contributed by atoms with Crippen molar-refractivity contribution in [2.75, 3.05) is 6.61 Å². The number of nitrogens with one attached hydrogen (secondary N) is 1. The van der Waals surface area contributed by atoms with Crippen LogP contribution in [0.3, 0.4) is 0 Å². The normalized spacial score (nSPS) is 12.1. The number of ether oxygens (including phenoxy) is 1. The first-order chi connectivity index (χ1) is 8.65. The molecule has 0 fully saturated rings. The maximum atomic E-state index is 10.4. The Hall–Kier alpha value is -2.23. The molecule has 0 heterocycles. The predicted octanol–water partition coefficient (Wildman–Crippen LogP) is 2.87. The number of hydrogen-bond donors (Lipinski definition) is 2. The molecule has 4 nitrogen and oxygen atoms in total. The van der Waals surface area contributed by atoms with Crippen LogP contribution >= 0.6 is 0 Å². The van der Waals surface area contributed by atoms with Gasteiger partial charge in [-0.1, -0.05) is 30.3 Å². The first-order valence-electron chi connectivity index (χ1n) is 5.76. The quantitative estimate of drug-likeness (QED) is 0.870. The molecule has 1 unspecified atom stereocenters. The average Bonchev–Trinajstić information content (AvgIpc) is 2.35. The summed E-state index contributed by atoms with van der Waals surface area (Å²) in [6, 6.07) is 13.6. The monoisotopic (exact) mass is 245 g/mol. The van der Waals surface area contributed by atoms with Crippen molar-refractivity contribution >= 4 is 16.9 Å². The van der Waals surface area contributed by atoms with Gasteiger partial charge in [-0.3, -0.25) is 0 Å². The zero-order valence-corrected chi connectivity index (χ0v) is 10.1. The molecular formula is C14H15NO3. The summed E-state index contributed by atoms with van der Waals surface area (Å²) < 4.78 is 5.55. The molecule has 94 valence electrons. The average molecular weight is 245 g/mol. The van der Waals surface area contributed by atoms with E-state index in [0.29, 0.717) is 6.61 Å². The fourth-order valence-electron chi connectivity index (χ4n) is 1.73. The number of amides is 1. The molecule has 1 atom stereocenters. The SMILES string of the molecule is CC(COc1ccc2ccccc2c1)NC(=O)O. The molecule has 2 aromatic rings. The molecular weight excluding hydrogens is 230 g/mol. The van der Waals surface area contributed by atoms with Crippen molar-refractivity contribution < 1.29 is 14.6 Å². The summed E-state index contributed by atoms with van der Waals surface area (Å²) in [5.41, 5.74) is 0. The van der Waals surface area contributed by atoms with Gasteiger partial charge in [-0.2, -0.15) is 0 Å². The Morgan fingerprint density at radius 3 is 2.72 bits per heavy atom. The maximum Gasteiger partial charge on any atom is 0.404 e. The standard InChI is InChI=1S/C14H15NO3/c1-10(15-14(16)17)9-18-13-7-6-11-4-2-3-5-12(11)8-13/h2-8,10,15H,9H2,1H3,(H,16,17). The second-order valence-corrected chi connectivity index (χ2v) is 4.17. The minimum absolute atomic E-state index is 0.242. The topological polar surface area (TPSA) is 58.6 Å².